The van der Waals surface area contributed by atoms with Crippen molar-refractivity contribution in [1.82, 2.24) is 14.5 Å². The van der Waals surface area contributed by atoms with Crippen molar-refractivity contribution in [3.63, 3.8) is 0 Å². The maximum Gasteiger partial charge on any atom is 0.263 e. The first-order valence-electron chi connectivity index (χ1n) is 8.53. The van der Waals surface area contributed by atoms with E-state index in [1.807, 2.05) is 36.6 Å². The monoisotopic (exact) mass is 392 g/mol. The van der Waals surface area contributed by atoms with Gasteiger partial charge in [-0.25, -0.2) is 4.98 Å². The first kappa shape index (κ1) is 17.9. The molecule has 1 aromatic carbocycles. The zero-order valence-corrected chi connectivity index (χ0v) is 15.7. The van der Waals surface area contributed by atoms with Crippen LogP contribution in [0.15, 0.2) is 64.0 Å². The van der Waals surface area contributed by atoms with Gasteiger partial charge in [0, 0.05) is 29.4 Å². The third-order valence-electron chi connectivity index (χ3n) is 4.34. The number of benzene rings is 1. The molecule has 7 nitrogen and oxygen atoms in total. The van der Waals surface area contributed by atoms with Gasteiger partial charge in [0.2, 0.25) is 11.3 Å². The minimum absolute atomic E-state index is 0.130. The number of nitrogens with one attached hydrogen (secondary N) is 2. The highest BCUT2D eigenvalue weighted by Crippen LogP contribution is 2.30. The summed E-state index contributed by atoms with van der Waals surface area (Å²) in [5.41, 5.74) is 2.38. The van der Waals surface area contributed by atoms with Crippen LogP contribution in [0.3, 0.4) is 0 Å². The molecule has 0 aliphatic rings. The summed E-state index contributed by atoms with van der Waals surface area (Å²) in [7, 11) is 0. The molecule has 0 aliphatic heterocycles. The van der Waals surface area contributed by atoms with Gasteiger partial charge in [-0.1, -0.05) is 29.8 Å². The van der Waals surface area contributed by atoms with Crippen molar-refractivity contribution in [2.45, 2.75) is 13.5 Å². The zero-order chi connectivity index (χ0) is 19.7. The zero-order valence-electron chi connectivity index (χ0n) is 14.9. The van der Waals surface area contributed by atoms with Gasteiger partial charge in [0.15, 0.2) is 0 Å². The summed E-state index contributed by atoms with van der Waals surface area (Å²) in [5.74, 6) is -0.480. The van der Waals surface area contributed by atoms with E-state index in [2.05, 4.69) is 15.3 Å². The van der Waals surface area contributed by atoms with E-state index in [9.17, 15) is 14.4 Å². The molecule has 0 atom stereocenters. The number of anilines is 1. The quantitative estimate of drug-likeness (QED) is 0.558. The van der Waals surface area contributed by atoms with Crippen LogP contribution in [0.2, 0.25) is 0 Å². The Morgan fingerprint density at radius 1 is 1.21 bits per heavy atom. The highest BCUT2D eigenvalue weighted by atomic mass is 32.1. The molecule has 4 rings (SSSR count). The minimum Gasteiger partial charge on any atom is -0.366 e. The van der Waals surface area contributed by atoms with Crippen molar-refractivity contribution in [3.05, 3.63) is 80.6 Å². The lowest BCUT2D eigenvalue weighted by atomic mass is 10.1. The normalized spacial score (nSPS) is 10.9. The van der Waals surface area contributed by atoms with E-state index in [1.165, 1.54) is 40.7 Å². The van der Waals surface area contributed by atoms with Gasteiger partial charge < -0.3 is 10.3 Å². The number of aromatic nitrogens is 3. The van der Waals surface area contributed by atoms with Crippen LogP contribution in [-0.2, 0) is 11.3 Å². The minimum atomic E-state index is -0.480. The van der Waals surface area contributed by atoms with E-state index in [0.29, 0.717) is 10.2 Å². The van der Waals surface area contributed by atoms with Crippen LogP contribution in [0.5, 0.6) is 0 Å². The van der Waals surface area contributed by atoms with Crippen molar-refractivity contribution in [1.29, 1.82) is 0 Å². The molecule has 0 unspecified atom stereocenters. The Morgan fingerprint density at radius 3 is 2.75 bits per heavy atom. The Morgan fingerprint density at radius 2 is 2.00 bits per heavy atom. The average Bonchev–Trinajstić information content (AvgIpc) is 3.11. The standard InChI is InChI=1S/C20H16N4O3S/c1-12-2-4-13(5-3-12)14-10-28-19-18(14)20(27)24(11-22-19)9-17(26)23-15-8-21-7-6-16(15)25/h2-8,10-11H,9H2,1H3,(H,21,25)(H,23,26). The first-order chi connectivity index (χ1) is 13.5. The maximum absolute atomic E-state index is 13.0. The summed E-state index contributed by atoms with van der Waals surface area (Å²) in [5, 5.41) is 4.90. The Bertz CT molecular complexity index is 1290. The van der Waals surface area contributed by atoms with Crippen LogP contribution in [0.1, 0.15) is 5.56 Å². The average molecular weight is 392 g/mol. The van der Waals surface area contributed by atoms with Crippen LogP contribution < -0.4 is 16.3 Å². The molecule has 28 heavy (non-hydrogen) atoms. The topological polar surface area (TPSA) is 96.8 Å². The van der Waals surface area contributed by atoms with Crippen LogP contribution >= 0.6 is 11.3 Å². The number of fused-ring (bicyclic) bond motifs is 1. The Hall–Kier alpha value is -3.52. The molecule has 4 aromatic rings. The van der Waals surface area contributed by atoms with Gasteiger partial charge in [0.05, 0.1) is 11.7 Å². The SMILES string of the molecule is Cc1ccc(-c2csc3ncn(CC(=O)Nc4c[nH]ccc4=O)c(=O)c23)cc1. The number of amides is 1. The fourth-order valence-corrected chi connectivity index (χ4v) is 3.79. The number of pyridine rings is 1. The highest BCUT2D eigenvalue weighted by molar-refractivity contribution is 7.17. The van der Waals surface area contributed by atoms with E-state index < -0.39 is 5.91 Å². The molecular weight excluding hydrogens is 376 g/mol. The van der Waals surface area contributed by atoms with Gasteiger partial charge in [0.1, 0.15) is 17.1 Å². The number of carbonyl (C=O) groups excluding carboxylic acids is 1. The summed E-state index contributed by atoms with van der Waals surface area (Å²) < 4.78 is 1.25. The molecular formula is C20H16N4O3S. The highest BCUT2D eigenvalue weighted by Gasteiger charge is 2.15. The van der Waals surface area contributed by atoms with Crippen molar-refractivity contribution in [2.75, 3.05) is 5.32 Å². The van der Waals surface area contributed by atoms with Crippen LogP contribution in [0, 0.1) is 6.92 Å². The fraction of sp³-hybridized carbons (Fsp3) is 0.100. The maximum atomic E-state index is 13.0. The van der Waals surface area contributed by atoms with Gasteiger partial charge in [-0.3, -0.25) is 19.0 Å². The van der Waals surface area contributed by atoms with Crippen LogP contribution in [0.4, 0.5) is 5.69 Å². The number of rotatable bonds is 4. The molecule has 0 saturated heterocycles. The molecule has 0 saturated carbocycles. The number of aromatic amines is 1. The summed E-state index contributed by atoms with van der Waals surface area (Å²) in [6.07, 6.45) is 4.23. The second-order valence-electron chi connectivity index (χ2n) is 6.34. The van der Waals surface area contributed by atoms with Gasteiger partial charge in [-0.05, 0) is 12.5 Å². The Labute approximate surface area is 163 Å². The summed E-state index contributed by atoms with van der Waals surface area (Å²) in [6, 6.07) is 9.20. The van der Waals surface area contributed by atoms with Gasteiger partial charge in [0.25, 0.3) is 5.56 Å². The lowest BCUT2D eigenvalue weighted by Gasteiger charge is -2.07. The third kappa shape index (κ3) is 3.37. The van der Waals surface area contributed by atoms with E-state index in [4.69, 9.17) is 0 Å². The molecule has 3 heterocycles. The molecule has 0 aliphatic carbocycles. The Kier molecular flexibility index (Phi) is 4.62. The third-order valence-corrected chi connectivity index (χ3v) is 5.22. The number of carbonyl (C=O) groups is 1. The second-order valence-corrected chi connectivity index (χ2v) is 7.20. The Balaban J connectivity index is 1.68. The molecule has 0 spiro atoms. The molecule has 2 N–H and O–H groups in total. The van der Waals surface area contributed by atoms with E-state index >= 15 is 0 Å². The summed E-state index contributed by atoms with van der Waals surface area (Å²) in [6.45, 7) is 1.76. The number of hydrogen-bond acceptors (Lipinski definition) is 5. The number of hydrogen-bond donors (Lipinski definition) is 2. The molecule has 8 heteroatoms. The smallest absolute Gasteiger partial charge is 0.263 e. The first-order valence-corrected chi connectivity index (χ1v) is 9.41. The van der Waals surface area contributed by atoms with Crippen LogP contribution in [-0.4, -0.2) is 20.4 Å². The number of nitrogens with zero attached hydrogens (tertiary/aromatic N) is 2. The van der Waals surface area contributed by atoms with Gasteiger partial charge in [-0.15, -0.1) is 11.3 Å². The summed E-state index contributed by atoms with van der Waals surface area (Å²) in [4.78, 5) is 44.7. The number of thiophene rings is 1. The van der Waals surface area contributed by atoms with Gasteiger partial charge >= 0.3 is 0 Å². The number of H-pyrrole nitrogens is 1. The largest absolute Gasteiger partial charge is 0.366 e. The van der Waals surface area contributed by atoms with E-state index in [0.717, 1.165) is 16.7 Å². The number of aryl methyl sites for hydroxylation is 1. The molecule has 140 valence electrons. The van der Waals surface area contributed by atoms with E-state index in [-0.39, 0.29) is 23.2 Å². The van der Waals surface area contributed by atoms with Crippen molar-refractivity contribution < 1.29 is 4.79 Å². The molecule has 0 radical (unpaired) electrons. The van der Waals surface area contributed by atoms with Crippen LogP contribution in [0.25, 0.3) is 21.3 Å². The predicted octanol–water partition coefficient (Wildman–Crippen LogP) is 2.76. The van der Waals surface area contributed by atoms with Crippen molar-refractivity contribution in [2.24, 2.45) is 0 Å². The predicted molar refractivity (Wildman–Crippen MR) is 110 cm³/mol. The fourth-order valence-electron chi connectivity index (χ4n) is 2.88. The van der Waals surface area contributed by atoms with Crippen molar-refractivity contribution in [3.8, 4) is 11.1 Å². The molecule has 0 fully saturated rings. The molecule has 3 aromatic heterocycles. The molecule has 1 amide bonds. The van der Waals surface area contributed by atoms with Gasteiger partial charge in [-0.2, -0.15) is 0 Å². The lowest BCUT2D eigenvalue weighted by Crippen LogP contribution is -2.29. The molecule has 0 bridgehead atoms. The summed E-state index contributed by atoms with van der Waals surface area (Å²) >= 11 is 1.39. The second kappa shape index (κ2) is 7.24. The van der Waals surface area contributed by atoms with E-state index in [1.54, 1.807) is 0 Å². The lowest BCUT2D eigenvalue weighted by molar-refractivity contribution is -0.116. The van der Waals surface area contributed by atoms with Crippen molar-refractivity contribution >= 4 is 33.1 Å².